The molecule has 86 valence electrons. The molecule has 1 aliphatic rings. The van der Waals surface area contributed by atoms with E-state index in [0.29, 0.717) is 0 Å². The highest BCUT2D eigenvalue weighted by Gasteiger charge is 2.31. The van der Waals surface area contributed by atoms with E-state index >= 15 is 0 Å². The molecule has 1 aliphatic heterocycles. The summed E-state index contributed by atoms with van der Waals surface area (Å²) >= 11 is 0. The maximum Gasteiger partial charge on any atom is 0.105 e. The Morgan fingerprint density at radius 3 is 1.94 bits per heavy atom. The lowest BCUT2D eigenvalue weighted by Gasteiger charge is -2.29. The van der Waals surface area contributed by atoms with Gasteiger partial charge in [0.25, 0.3) is 0 Å². The number of hydrogen-bond acceptors (Lipinski definition) is 0. The fourth-order valence-corrected chi connectivity index (χ4v) is 2.88. The fraction of sp³-hybridized carbons (Fsp3) is 0.250. The van der Waals surface area contributed by atoms with Crippen molar-refractivity contribution in [2.45, 2.75) is 19.6 Å². The third kappa shape index (κ3) is 2.11. The van der Waals surface area contributed by atoms with Crippen LogP contribution in [0.5, 0.6) is 0 Å². The topological polar surface area (TPSA) is 0 Å². The first kappa shape index (κ1) is 10.5. The molecule has 1 heteroatoms. The van der Waals surface area contributed by atoms with Gasteiger partial charge in [0.05, 0.1) is 7.05 Å². The van der Waals surface area contributed by atoms with E-state index in [1.54, 1.807) is 0 Å². The molecular weight excluding hydrogens is 206 g/mol. The van der Waals surface area contributed by atoms with Gasteiger partial charge in [0.2, 0.25) is 0 Å². The predicted molar refractivity (Wildman–Crippen MR) is 70.2 cm³/mol. The molecule has 3 rings (SSSR count). The molecule has 1 heterocycles. The van der Waals surface area contributed by atoms with Crippen LogP contribution in [-0.4, -0.2) is 11.5 Å². The Hall–Kier alpha value is -1.60. The number of benzene rings is 2. The van der Waals surface area contributed by atoms with Crippen LogP contribution in [0.15, 0.2) is 54.6 Å². The van der Waals surface area contributed by atoms with Crippen molar-refractivity contribution >= 4 is 0 Å². The van der Waals surface area contributed by atoms with Crippen molar-refractivity contribution in [3.05, 3.63) is 71.3 Å². The highest BCUT2D eigenvalue weighted by molar-refractivity contribution is 5.28. The van der Waals surface area contributed by atoms with Gasteiger partial charge in [0.15, 0.2) is 0 Å². The highest BCUT2D eigenvalue weighted by atomic mass is 15.3. The Morgan fingerprint density at radius 1 is 0.824 bits per heavy atom. The molecule has 0 aromatic heterocycles. The average molecular weight is 224 g/mol. The lowest BCUT2D eigenvalue weighted by atomic mass is 10.1. The molecule has 1 nitrogen and oxygen atoms in total. The molecule has 0 atom stereocenters. The van der Waals surface area contributed by atoms with Gasteiger partial charge in [-0.1, -0.05) is 54.6 Å². The summed E-state index contributed by atoms with van der Waals surface area (Å²) in [6, 6.07) is 19.6. The second kappa shape index (κ2) is 4.01. The minimum atomic E-state index is 1.10. The zero-order valence-corrected chi connectivity index (χ0v) is 10.3. The minimum Gasteiger partial charge on any atom is -0.315 e. The summed E-state index contributed by atoms with van der Waals surface area (Å²) in [6.07, 6.45) is 0. The predicted octanol–water partition coefficient (Wildman–Crippen LogP) is 3.35. The van der Waals surface area contributed by atoms with E-state index in [0.717, 1.165) is 24.1 Å². The number of fused-ring (bicyclic) bond motifs is 1. The molecule has 0 N–H and O–H groups in total. The van der Waals surface area contributed by atoms with Crippen LogP contribution in [-0.2, 0) is 19.6 Å². The van der Waals surface area contributed by atoms with Gasteiger partial charge < -0.3 is 4.48 Å². The van der Waals surface area contributed by atoms with Gasteiger partial charge in [-0.3, -0.25) is 0 Å². The van der Waals surface area contributed by atoms with Crippen molar-refractivity contribution in [1.29, 1.82) is 0 Å². The van der Waals surface area contributed by atoms with E-state index in [4.69, 9.17) is 0 Å². The van der Waals surface area contributed by atoms with Gasteiger partial charge in [-0.05, 0) is 0 Å². The van der Waals surface area contributed by atoms with Crippen LogP contribution in [0.3, 0.4) is 0 Å². The third-order valence-electron chi connectivity index (χ3n) is 3.63. The second-order valence-electron chi connectivity index (χ2n) is 5.35. The van der Waals surface area contributed by atoms with E-state index in [1.165, 1.54) is 16.7 Å². The molecule has 0 amide bonds. The van der Waals surface area contributed by atoms with Crippen LogP contribution >= 0.6 is 0 Å². The molecule has 2 aromatic rings. The molecular formula is C16H18N+. The van der Waals surface area contributed by atoms with Gasteiger partial charge in [0.1, 0.15) is 19.6 Å². The van der Waals surface area contributed by atoms with E-state index in [2.05, 4.69) is 61.6 Å². The summed E-state index contributed by atoms with van der Waals surface area (Å²) in [5.41, 5.74) is 4.47. The average Bonchev–Trinajstić information content (AvgIpc) is 2.66. The molecule has 0 bridgehead atoms. The number of quaternary nitrogens is 1. The first-order valence-electron chi connectivity index (χ1n) is 6.19. The van der Waals surface area contributed by atoms with Gasteiger partial charge in [-0.2, -0.15) is 0 Å². The van der Waals surface area contributed by atoms with E-state index in [1.807, 2.05) is 0 Å². The first-order chi connectivity index (χ1) is 8.25. The van der Waals surface area contributed by atoms with Gasteiger partial charge in [0, 0.05) is 16.7 Å². The third-order valence-corrected chi connectivity index (χ3v) is 3.63. The molecule has 0 aliphatic carbocycles. The lowest BCUT2D eigenvalue weighted by molar-refractivity contribution is -0.941. The zero-order chi connectivity index (χ0) is 11.7. The molecule has 0 saturated heterocycles. The highest BCUT2D eigenvalue weighted by Crippen LogP contribution is 2.29. The van der Waals surface area contributed by atoms with Crippen molar-refractivity contribution < 1.29 is 4.48 Å². The Labute approximate surface area is 103 Å². The van der Waals surface area contributed by atoms with Gasteiger partial charge in [-0.15, -0.1) is 0 Å². The molecule has 0 saturated carbocycles. The Morgan fingerprint density at radius 2 is 1.35 bits per heavy atom. The maximum absolute atomic E-state index is 2.35. The first-order valence-corrected chi connectivity index (χ1v) is 6.19. The van der Waals surface area contributed by atoms with Crippen LogP contribution in [0.4, 0.5) is 0 Å². The molecule has 0 spiro atoms. The summed E-state index contributed by atoms with van der Waals surface area (Å²) in [5, 5.41) is 0. The van der Waals surface area contributed by atoms with E-state index in [-0.39, 0.29) is 0 Å². The molecule has 0 radical (unpaired) electrons. The quantitative estimate of drug-likeness (QED) is 0.686. The van der Waals surface area contributed by atoms with Crippen LogP contribution in [0.25, 0.3) is 0 Å². The summed E-state index contributed by atoms with van der Waals surface area (Å²) in [5.74, 6) is 0. The number of hydrogen-bond donors (Lipinski definition) is 0. The van der Waals surface area contributed by atoms with E-state index in [9.17, 15) is 0 Å². The fourth-order valence-electron chi connectivity index (χ4n) is 2.88. The van der Waals surface area contributed by atoms with Gasteiger partial charge in [-0.25, -0.2) is 0 Å². The second-order valence-corrected chi connectivity index (χ2v) is 5.35. The van der Waals surface area contributed by atoms with Crippen LogP contribution < -0.4 is 0 Å². The van der Waals surface area contributed by atoms with Crippen molar-refractivity contribution in [2.75, 3.05) is 7.05 Å². The number of nitrogens with zero attached hydrogens (tertiary/aromatic N) is 1. The largest absolute Gasteiger partial charge is 0.315 e. The van der Waals surface area contributed by atoms with Crippen molar-refractivity contribution in [3.63, 3.8) is 0 Å². The molecule has 2 aromatic carbocycles. The lowest BCUT2D eigenvalue weighted by Crippen LogP contribution is -2.37. The number of rotatable bonds is 2. The van der Waals surface area contributed by atoms with Gasteiger partial charge >= 0.3 is 0 Å². The normalized spacial score (nSPS) is 16.8. The van der Waals surface area contributed by atoms with Crippen LogP contribution in [0, 0.1) is 0 Å². The van der Waals surface area contributed by atoms with Crippen molar-refractivity contribution in [2.24, 2.45) is 0 Å². The summed E-state index contributed by atoms with van der Waals surface area (Å²) < 4.78 is 1.10. The van der Waals surface area contributed by atoms with Crippen LogP contribution in [0.1, 0.15) is 16.7 Å². The minimum absolute atomic E-state index is 1.10. The summed E-state index contributed by atoms with van der Waals surface area (Å²) in [7, 11) is 2.35. The smallest absolute Gasteiger partial charge is 0.105 e. The van der Waals surface area contributed by atoms with Crippen LogP contribution in [0.2, 0.25) is 0 Å². The standard InChI is InChI=1S/C16H18N/c1-17(11-14-7-3-2-4-8-14)12-15-9-5-6-10-16(15)13-17/h2-10H,11-13H2,1H3/q+1. The Balaban J connectivity index is 1.82. The van der Waals surface area contributed by atoms with Crippen molar-refractivity contribution in [3.8, 4) is 0 Å². The molecule has 0 fully saturated rings. The summed E-state index contributed by atoms with van der Waals surface area (Å²) in [4.78, 5) is 0. The molecule has 0 unspecified atom stereocenters. The zero-order valence-electron chi connectivity index (χ0n) is 10.3. The Bertz CT molecular complexity index is 491. The molecule has 17 heavy (non-hydrogen) atoms. The van der Waals surface area contributed by atoms with Crippen molar-refractivity contribution in [1.82, 2.24) is 0 Å². The summed E-state index contributed by atoms with van der Waals surface area (Å²) in [6.45, 7) is 3.44. The SMILES string of the molecule is C[N+]1(Cc2ccccc2)Cc2ccccc2C1. The van der Waals surface area contributed by atoms with E-state index < -0.39 is 0 Å². The maximum atomic E-state index is 2.35. The monoisotopic (exact) mass is 224 g/mol. The Kier molecular flexibility index (Phi) is 2.49.